The number of hydrogen-bond acceptors (Lipinski definition) is 5. The van der Waals surface area contributed by atoms with Crippen molar-refractivity contribution in [1.29, 1.82) is 0 Å². The third kappa shape index (κ3) is 5.05. The minimum Gasteiger partial charge on any atom is -0.402 e. The number of ether oxygens (including phenoxy) is 1. The number of nitrogens with two attached hydrogens (primary N) is 1. The van der Waals surface area contributed by atoms with Gasteiger partial charge in [0.05, 0.1) is 17.9 Å². The van der Waals surface area contributed by atoms with Crippen molar-refractivity contribution in [3.8, 4) is 17.3 Å². The van der Waals surface area contributed by atoms with E-state index in [4.69, 9.17) is 10.5 Å². The summed E-state index contributed by atoms with van der Waals surface area (Å²) in [6.45, 7) is 1.52. The Kier molecular flexibility index (Phi) is 6.79. The molecule has 1 fully saturated rings. The van der Waals surface area contributed by atoms with E-state index in [1.165, 1.54) is 22.5 Å². The molecule has 3 aromatic heterocycles. The quantitative estimate of drug-likeness (QED) is 0.291. The Labute approximate surface area is 218 Å². The van der Waals surface area contributed by atoms with Crippen LogP contribution in [0.1, 0.15) is 28.9 Å². The Morgan fingerprint density at radius 1 is 1.18 bits per heavy atom. The number of pyridine rings is 1. The van der Waals surface area contributed by atoms with Gasteiger partial charge in [-0.25, -0.2) is 18.6 Å². The van der Waals surface area contributed by atoms with Crippen LogP contribution in [0.5, 0.6) is 5.88 Å². The van der Waals surface area contributed by atoms with Crippen LogP contribution in [0.15, 0.2) is 42.5 Å². The first-order valence-corrected chi connectivity index (χ1v) is 12.2. The van der Waals surface area contributed by atoms with Crippen molar-refractivity contribution >= 4 is 28.4 Å². The summed E-state index contributed by atoms with van der Waals surface area (Å²) in [6.07, 6.45) is -6.60. The number of aromatic nitrogens is 3. The van der Waals surface area contributed by atoms with Gasteiger partial charge in [0, 0.05) is 41.7 Å². The molecule has 5 rings (SSSR count). The Morgan fingerprint density at radius 2 is 1.92 bits per heavy atom. The zero-order valence-corrected chi connectivity index (χ0v) is 20.7. The van der Waals surface area contributed by atoms with Crippen molar-refractivity contribution in [2.75, 3.05) is 13.1 Å². The molecule has 0 saturated carbocycles. The lowest BCUT2D eigenvalue weighted by Crippen LogP contribution is -2.45. The third-order valence-electron chi connectivity index (χ3n) is 6.71. The number of para-hydroxylation sites is 1. The Hall–Kier alpha value is -4.00. The minimum absolute atomic E-state index is 0.00786. The second kappa shape index (κ2) is 9.95. The summed E-state index contributed by atoms with van der Waals surface area (Å²) in [4.78, 5) is 31.1. The normalized spacial score (nSPS) is 16.4. The fraction of sp³-hybridized carbons (Fsp3) is 0.346. The molecule has 1 saturated heterocycles. The smallest absolute Gasteiger partial charge is 0.402 e. The monoisotopic (exact) mass is 549 g/mol. The molecule has 39 heavy (non-hydrogen) atoms. The first kappa shape index (κ1) is 26.6. The van der Waals surface area contributed by atoms with Crippen molar-refractivity contribution < 1.29 is 36.3 Å². The van der Waals surface area contributed by atoms with Crippen LogP contribution >= 0.6 is 0 Å². The number of alkyl halides is 5. The highest BCUT2D eigenvalue weighted by molar-refractivity contribution is 5.96. The molecule has 1 amide bonds. The minimum atomic E-state index is -5.30. The molecular weight excluding hydrogens is 525 g/mol. The van der Waals surface area contributed by atoms with Gasteiger partial charge in [0.2, 0.25) is 5.88 Å². The Balaban J connectivity index is 1.69. The SMILES string of the molecule is Cc1c(-c2cc3ccccc3n2CC(F)F)nc2cc(C(=O)N3CCC[C@@H](N)C3)cc(OC(=O)C(F)(F)F)n12. The van der Waals surface area contributed by atoms with Gasteiger partial charge in [-0.05, 0) is 38.0 Å². The second-order valence-corrected chi connectivity index (χ2v) is 9.45. The van der Waals surface area contributed by atoms with E-state index in [0.29, 0.717) is 29.6 Å². The first-order chi connectivity index (χ1) is 18.4. The molecule has 0 unspecified atom stereocenters. The molecule has 4 aromatic rings. The first-order valence-electron chi connectivity index (χ1n) is 12.2. The number of amides is 1. The second-order valence-electron chi connectivity index (χ2n) is 9.45. The zero-order chi connectivity index (χ0) is 28.1. The predicted octanol–water partition coefficient (Wildman–Crippen LogP) is 4.56. The van der Waals surface area contributed by atoms with Crippen molar-refractivity contribution in [3.05, 3.63) is 53.7 Å². The van der Waals surface area contributed by atoms with Crippen LogP contribution in [0.3, 0.4) is 0 Å². The Morgan fingerprint density at radius 3 is 2.62 bits per heavy atom. The maximum absolute atomic E-state index is 13.5. The molecule has 4 heterocycles. The number of aryl methyl sites for hydroxylation is 1. The molecule has 13 heteroatoms. The van der Waals surface area contributed by atoms with Crippen LogP contribution < -0.4 is 10.5 Å². The standard InChI is InChI=1S/C26H24F5N5O3/c1-14-23(19-9-15-5-2-3-7-18(15)35(19)13-20(27)28)33-21-10-16(24(37)34-8-4-6-17(32)12-34)11-22(36(14)21)39-25(38)26(29,30)31/h2-3,5,7,9-11,17,20H,4,6,8,12-13,32H2,1H3/t17-/m1/s1. The van der Waals surface area contributed by atoms with Gasteiger partial charge in [0.15, 0.2) is 0 Å². The molecule has 0 aliphatic carbocycles. The van der Waals surface area contributed by atoms with E-state index in [0.717, 1.165) is 16.9 Å². The van der Waals surface area contributed by atoms with E-state index in [9.17, 15) is 31.5 Å². The van der Waals surface area contributed by atoms with Gasteiger partial charge in [0.25, 0.3) is 12.3 Å². The lowest BCUT2D eigenvalue weighted by Gasteiger charge is -2.30. The van der Waals surface area contributed by atoms with E-state index in [-0.39, 0.29) is 35.2 Å². The van der Waals surface area contributed by atoms with Crippen molar-refractivity contribution in [3.63, 3.8) is 0 Å². The van der Waals surface area contributed by atoms with Crippen LogP contribution in [-0.2, 0) is 11.3 Å². The number of fused-ring (bicyclic) bond motifs is 2. The van der Waals surface area contributed by atoms with Crippen LogP contribution in [0.2, 0.25) is 0 Å². The lowest BCUT2D eigenvalue weighted by molar-refractivity contribution is -0.190. The van der Waals surface area contributed by atoms with E-state index >= 15 is 0 Å². The fourth-order valence-electron chi connectivity index (χ4n) is 4.99. The average Bonchev–Trinajstić information content (AvgIpc) is 3.40. The van der Waals surface area contributed by atoms with E-state index in [1.54, 1.807) is 30.3 Å². The summed E-state index contributed by atoms with van der Waals surface area (Å²) >= 11 is 0. The molecule has 0 bridgehead atoms. The number of benzene rings is 1. The van der Waals surface area contributed by atoms with Gasteiger partial charge >= 0.3 is 12.1 Å². The molecule has 1 atom stereocenters. The topological polar surface area (TPSA) is 94.9 Å². The van der Waals surface area contributed by atoms with E-state index in [1.807, 2.05) is 0 Å². The number of rotatable bonds is 5. The molecule has 1 aromatic carbocycles. The molecule has 0 spiro atoms. The van der Waals surface area contributed by atoms with Gasteiger partial charge in [-0.2, -0.15) is 13.2 Å². The predicted molar refractivity (Wildman–Crippen MR) is 132 cm³/mol. The van der Waals surface area contributed by atoms with Crippen molar-refractivity contribution in [1.82, 2.24) is 18.9 Å². The lowest BCUT2D eigenvalue weighted by atomic mass is 10.1. The molecule has 206 valence electrons. The van der Waals surface area contributed by atoms with Gasteiger partial charge in [-0.3, -0.25) is 9.20 Å². The number of carbonyl (C=O) groups excluding carboxylic acids is 2. The maximum atomic E-state index is 13.5. The number of piperidine rings is 1. The number of halogens is 5. The van der Waals surface area contributed by atoms with Gasteiger partial charge in [-0.15, -0.1) is 0 Å². The number of nitrogens with zero attached hydrogens (tertiary/aromatic N) is 4. The van der Waals surface area contributed by atoms with Crippen LogP contribution in [0.4, 0.5) is 22.0 Å². The number of likely N-dealkylation sites (tertiary alicyclic amines) is 1. The highest BCUT2D eigenvalue weighted by Gasteiger charge is 2.42. The highest BCUT2D eigenvalue weighted by atomic mass is 19.4. The van der Waals surface area contributed by atoms with E-state index in [2.05, 4.69) is 4.98 Å². The fourth-order valence-corrected chi connectivity index (χ4v) is 4.99. The van der Waals surface area contributed by atoms with Gasteiger partial charge in [-0.1, -0.05) is 18.2 Å². The van der Waals surface area contributed by atoms with Gasteiger partial charge in [0.1, 0.15) is 11.3 Å². The van der Waals surface area contributed by atoms with Gasteiger partial charge < -0.3 is 19.9 Å². The number of carbonyl (C=O) groups is 2. The number of esters is 1. The summed E-state index contributed by atoms with van der Waals surface area (Å²) in [5.41, 5.74) is 7.16. The van der Waals surface area contributed by atoms with Crippen LogP contribution in [-0.4, -0.2) is 62.5 Å². The molecule has 0 radical (unpaired) electrons. The van der Waals surface area contributed by atoms with Crippen LogP contribution in [0.25, 0.3) is 27.9 Å². The third-order valence-corrected chi connectivity index (χ3v) is 6.71. The number of hydrogen-bond donors (Lipinski definition) is 1. The zero-order valence-electron chi connectivity index (χ0n) is 20.7. The Bertz CT molecular complexity index is 1580. The molecule has 2 N–H and O–H groups in total. The molecular formula is C26H24F5N5O3. The maximum Gasteiger partial charge on any atom is 0.491 e. The van der Waals surface area contributed by atoms with E-state index < -0.39 is 36.9 Å². The largest absolute Gasteiger partial charge is 0.491 e. The average molecular weight is 550 g/mol. The summed E-state index contributed by atoms with van der Waals surface area (Å²) in [7, 11) is 0. The summed E-state index contributed by atoms with van der Waals surface area (Å²) in [5, 5.41) is 0.658. The molecule has 8 nitrogen and oxygen atoms in total. The summed E-state index contributed by atoms with van der Waals surface area (Å²) in [5.74, 6) is -3.56. The highest BCUT2D eigenvalue weighted by Crippen LogP contribution is 2.34. The summed E-state index contributed by atoms with van der Waals surface area (Å²) < 4.78 is 73.7. The number of imidazole rings is 1. The molecule has 1 aliphatic rings. The van der Waals surface area contributed by atoms with Crippen LogP contribution in [0, 0.1) is 6.92 Å². The van der Waals surface area contributed by atoms with Crippen molar-refractivity contribution in [2.45, 2.75) is 45.0 Å². The van der Waals surface area contributed by atoms with Crippen molar-refractivity contribution in [2.24, 2.45) is 5.73 Å². The molecule has 1 aliphatic heterocycles. The summed E-state index contributed by atoms with van der Waals surface area (Å²) in [6, 6.07) is 10.7.